The minimum absolute atomic E-state index is 0.103. The van der Waals surface area contributed by atoms with Gasteiger partial charge in [-0.25, -0.2) is 0 Å². The van der Waals surface area contributed by atoms with Gasteiger partial charge < -0.3 is 10.6 Å². The van der Waals surface area contributed by atoms with E-state index in [-0.39, 0.29) is 17.4 Å². The van der Waals surface area contributed by atoms with Crippen molar-refractivity contribution in [3.63, 3.8) is 0 Å². The molecule has 0 fully saturated rings. The molecule has 0 bridgehead atoms. The van der Waals surface area contributed by atoms with E-state index < -0.39 is 33.2 Å². The van der Waals surface area contributed by atoms with Gasteiger partial charge in [-0.15, -0.1) is 0 Å². The Kier molecular flexibility index (Phi) is 8.31. The maximum absolute atomic E-state index is 12.5. The highest BCUT2D eigenvalue weighted by atomic mass is 16.6. The molecule has 2 N–H and O–H groups in total. The van der Waals surface area contributed by atoms with Crippen molar-refractivity contribution >= 4 is 23.2 Å². The van der Waals surface area contributed by atoms with E-state index in [9.17, 15) is 29.8 Å². The van der Waals surface area contributed by atoms with Crippen molar-refractivity contribution in [2.75, 3.05) is 6.54 Å². The molecule has 0 saturated carbocycles. The maximum Gasteiger partial charge on any atom is 0.277 e. The van der Waals surface area contributed by atoms with E-state index in [4.69, 9.17) is 0 Å². The average Bonchev–Trinajstić information content (AvgIpc) is 2.60. The van der Waals surface area contributed by atoms with Gasteiger partial charge >= 0.3 is 0 Å². The van der Waals surface area contributed by atoms with Crippen LogP contribution in [0.2, 0.25) is 0 Å². The zero-order valence-corrected chi connectivity index (χ0v) is 15.6. The zero-order valence-electron chi connectivity index (χ0n) is 15.6. The number of carbonyl (C=O) groups excluding carboxylic acids is 2. The third kappa shape index (κ3) is 7.00. The second-order valence-corrected chi connectivity index (χ2v) is 6.55. The fraction of sp³-hybridized carbons (Fsp3) is 0.529. The summed E-state index contributed by atoms with van der Waals surface area (Å²) in [5.74, 6) is -1.03. The number of hydrogen-bond acceptors (Lipinski definition) is 6. The molecule has 148 valence electrons. The number of amides is 2. The van der Waals surface area contributed by atoms with Crippen molar-refractivity contribution < 1.29 is 19.4 Å². The summed E-state index contributed by atoms with van der Waals surface area (Å²) in [4.78, 5) is 45.1. The summed E-state index contributed by atoms with van der Waals surface area (Å²) >= 11 is 0. The van der Waals surface area contributed by atoms with Gasteiger partial charge in [-0.05, 0) is 18.8 Å². The van der Waals surface area contributed by atoms with Gasteiger partial charge in [0.05, 0.1) is 21.5 Å². The summed E-state index contributed by atoms with van der Waals surface area (Å²) in [6, 6.07) is 1.83. The third-order valence-electron chi connectivity index (χ3n) is 3.74. The Balaban J connectivity index is 3.04. The molecule has 0 spiro atoms. The van der Waals surface area contributed by atoms with Crippen molar-refractivity contribution in [1.29, 1.82) is 0 Å². The lowest BCUT2D eigenvalue weighted by Gasteiger charge is -2.20. The number of nitrogens with zero attached hydrogens (tertiary/aromatic N) is 2. The first kappa shape index (κ1) is 22.0. The smallest absolute Gasteiger partial charge is 0.277 e. The minimum atomic E-state index is -0.840. The van der Waals surface area contributed by atoms with Gasteiger partial charge in [-0.1, -0.05) is 27.2 Å². The number of unbranched alkanes of at least 4 members (excludes halogenated alkanes) is 1. The number of non-ortho nitro benzene ring substituents is 2. The van der Waals surface area contributed by atoms with Crippen LogP contribution in [0, 0.1) is 26.1 Å². The van der Waals surface area contributed by atoms with Crippen molar-refractivity contribution in [2.24, 2.45) is 5.92 Å². The van der Waals surface area contributed by atoms with Gasteiger partial charge in [0.2, 0.25) is 5.91 Å². The van der Waals surface area contributed by atoms with E-state index in [1.54, 1.807) is 0 Å². The van der Waals surface area contributed by atoms with Crippen LogP contribution in [0.3, 0.4) is 0 Å². The molecule has 0 aromatic heterocycles. The molecule has 0 unspecified atom stereocenters. The predicted octanol–water partition coefficient (Wildman–Crippen LogP) is 2.56. The van der Waals surface area contributed by atoms with Gasteiger partial charge in [0, 0.05) is 18.7 Å². The van der Waals surface area contributed by atoms with Crippen LogP contribution in [0.15, 0.2) is 18.2 Å². The van der Waals surface area contributed by atoms with E-state index in [0.29, 0.717) is 13.0 Å². The highest BCUT2D eigenvalue weighted by Crippen LogP contribution is 2.23. The number of nitrogens with one attached hydrogen (secondary N) is 2. The standard InChI is InChI=1S/C17H24N4O6/c1-4-5-6-18-17(23)15(7-11(2)3)19-16(22)12-8-13(20(24)25)10-14(9-12)21(26)27/h8-11,15H,4-7H2,1-3H3,(H,18,23)(H,19,22)/t15-/m1/s1. The largest absolute Gasteiger partial charge is 0.354 e. The molecule has 1 atom stereocenters. The van der Waals surface area contributed by atoms with Gasteiger partial charge in [0.25, 0.3) is 17.3 Å². The molecule has 0 saturated heterocycles. The number of nitro benzene ring substituents is 2. The molecule has 10 nitrogen and oxygen atoms in total. The molecule has 2 amide bonds. The monoisotopic (exact) mass is 380 g/mol. The van der Waals surface area contributed by atoms with Crippen LogP contribution in [0.5, 0.6) is 0 Å². The molecule has 27 heavy (non-hydrogen) atoms. The molecule has 0 aliphatic carbocycles. The first-order valence-electron chi connectivity index (χ1n) is 8.68. The minimum Gasteiger partial charge on any atom is -0.354 e. The van der Waals surface area contributed by atoms with Gasteiger partial charge in [0.15, 0.2) is 0 Å². The highest BCUT2D eigenvalue weighted by molar-refractivity contribution is 5.98. The quantitative estimate of drug-likeness (QED) is 0.362. The zero-order chi connectivity index (χ0) is 20.6. The molecule has 0 heterocycles. The molecule has 0 radical (unpaired) electrons. The number of benzene rings is 1. The van der Waals surface area contributed by atoms with E-state index >= 15 is 0 Å². The lowest BCUT2D eigenvalue weighted by Crippen LogP contribution is -2.47. The summed E-state index contributed by atoms with van der Waals surface area (Å²) in [6.45, 7) is 6.23. The third-order valence-corrected chi connectivity index (χ3v) is 3.74. The normalized spacial score (nSPS) is 11.7. The Morgan fingerprint density at radius 1 is 1.07 bits per heavy atom. The highest BCUT2D eigenvalue weighted by Gasteiger charge is 2.25. The first-order chi connectivity index (χ1) is 12.6. The lowest BCUT2D eigenvalue weighted by molar-refractivity contribution is -0.394. The summed E-state index contributed by atoms with van der Waals surface area (Å²) in [5.41, 5.74) is -1.38. The van der Waals surface area contributed by atoms with E-state index in [1.807, 2.05) is 20.8 Å². The molecular weight excluding hydrogens is 356 g/mol. The van der Waals surface area contributed by atoms with Crippen molar-refractivity contribution in [3.8, 4) is 0 Å². The van der Waals surface area contributed by atoms with Crippen LogP contribution in [-0.2, 0) is 4.79 Å². The molecular formula is C17H24N4O6. The SMILES string of the molecule is CCCCNC(=O)[C@@H](CC(C)C)NC(=O)c1cc([N+](=O)[O-])cc([N+](=O)[O-])c1. The van der Waals surface area contributed by atoms with Crippen LogP contribution in [0.1, 0.15) is 50.4 Å². The summed E-state index contributed by atoms with van der Waals surface area (Å²) in [6.07, 6.45) is 2.06. The lowest BCUT2D eigenvalue weighted by atomic mass is 10.0. The second kappa shape index (κ2) is 10.2. The van der Waals surface area contributed by atoms with Crippen LogP contribution >= 0.6 is 0 Å². The van der Waals surface area contributed by atoms with Gasteiger partial charge in [0.1, 0.15) is 6.04 Å². The first-order valence-corrected chi connectivity index (χ1v) is 8.68. The summed E-state index contributed by atoms with van der Waals surface area (Å²) < 4.78 is 0. The number of rotatable bonds is 10. The summed E-state index contributed by atoms with van der Waals surface area (Å²) in [5, 5.41) is 27.2. The number of hydrogen-bond donors (Lipinski definition) is 2. The Hall–Kier alpha value is -3.04. The van der Waals surface area contributed by atoms with E-state index in [1.165, 1.54) is 0 Å². The number of nitro groups is 2. The van der Waals surface area contributed by atoms with Crippen LogP contribution < -0.4 is 10.6 Å². The molecule has 1 aromatic carbocycles. The fourth-order valence-electron chi connectivity index (χ4n) is 2.39. The average molecular weight is 380 g/mol. The molecule has 1 rings (SSSR count). The molecule has 1 aromatic rings. The Labute approximate surface area is 156 Å². The Morgan fingerprint density at radius 3 is 2.07 bits per heavy atom. The molecule has 10 heteroatoms. The van der Waals surface area contributed by atoms with Crippen LogP contribution in [-0.4, -0.2) is 34.2 Å². The van der Waals surface area contributed by atoms with E-state index in [2.05, 4.69) is 10.6 Å². The van der Waals surface area contributed by atoms with Gasteiger partial charge in [-0.2, -0.15) is 0 Å². The van der Waals surface area contributed by atoms with Crippen molar-refractivity contribution in [2.45, 2.75) is 46.1 Å². The molecule has 0 aliphatic heterocycles. The Morgan fingerprint density at radius 2 is 1.63 bits per heavy atom. The second-order valence-electron chi connectivity index (χ2n) is 6.55. The van der Waals surface area contributed by atoms with Crippen molar-refractivity contribution in [1.82, 2.24) is 10.6 Å². The predicted molar refractivity (Wildman–Crippen MR) is 98.4 cm³/mol. The fourth-order valence-corrected chi connectivity index (χ4v) is 2.39. The Bertz CT molecular complexity index is 687. The topological polar surface area (TPSA) is 144 Å². The maximum atomic E-state index is 12.5. The van der Waals surface area contributed by atoms with Gasteiger partial charge in [-0.3, -0.25) is 29.8 Å². The van der Waals surface area contributed by atoms with E-state index in [0.717, 1.165) is 31.0 Å². The van der Waals surface area contributed by atoms with Crippen molar-refractivity contribution in [3.05, 3.63) is 44.0 Å². The number of carbonyl (C=O) groups is 2. The molecule has 0 aliphatic rings. The van der Waals surface area contributed by atoms with Crippen LogP contribution in [0.4, 0.5) is 11.4 Å². The summed E-state index contributed by atoms with van der Waals surface area (Å²) in [7, 11) is 0. The van der Waals surface area contributed by atoms with Crippen LogP contribution in [0.25, 0.3) is 0 Å².